The number of benzene rings is 2. The normalized spacial score (nSPS) is 24.6. The fourth-order valence-electron chi connectivity index (χ4n) is 3.65. The van der Waals surface area contributed by atoms with E-state index in [2.05, 4.69) is 5.32 Å². The van der Waals surface area contributed by atoms with Crippen molar-refractivity contribution in [2.24, 2.45) is 5.41 Å². The van der Waals surface area contributed by atoms with Crippen molar-refractivity contribution in [2.75, 3.05) is 19.4 Å². The summed E-state index contributed by atoms with van der Waals surface area (Å²) in [5, 5.41) is 24.2. The topological polar surface area (TPSA) is 95.9 Å². The Balaban J connectivity index is 1.63. The molecule has 3 N–H and O–H groups in total. The number of aliphatic hydroxyl groups is 2. The van der Waals surface area contributed by atoms with Crippen molar-refractivity contribution in [1.82, 2.24) is 5.32 Å². The summed E-state index contributed by atoms with van der Waals surface area (Å²) in [6.07, 6.45) is 0.421. The summed E-state index contributed by atoms with van der Waals surface area (Å²) in [6, 6.07) is 13.8. The van der Waals surface area contributed by atoms with Crippen LogP contribution in [0.25, 0.3) is 0 Å². The average Bonchev–Trinajstić information content (AvgIpc) is 2.95. The van der Waals surface area contributed by atoms with E-state index in [9.17, 15) is 18.6 Å². The number of rotatable bonds is 8. The zero-order chi connectivity index (χ0) is 21.1. The molecule has 3 atom stereocenters. The Bertz CT molecular complexity index is 905. The molecule has 1 saturated carbocycles. The summed E-state index contributed by atoms with van der Waals surface area (Å²) in [7, 11) is -3.26. The van der Waals surface area contributed by atoms with Crippen molar-refractivity contribution in [2.45, 2.75) is 36.5 Å². The van der Waals surface area contributed by atoms with Crippen molar-refractivity contribution >= 4 is 21.4 Å². The summed E-state index contributed by atoms with van der Waals surface area (Å²) in [4.78, 5) is 0.232. The molecule has 2 aromatic rings. The smallest absolute Gasteiger partial charge is 0.175 e. The third kappa shape index (κ3) is 5.93. The van der Waals surface area contributed by atoms with Gasteiger partial charge in [-0.05, 0) is 54.8 Å². The molecule has 0 amide bonds. The standard InChI is InChI=1S/C21H26ClNO5S/c1-29(26,27)18-8-6-17(7-9-18)28-14-21(10-19(24)20(25)11-21)13-23-12-15-2-4-16(22)5-3-15/h2-9,19-20,23-25H,10-14H2,1H3/t19-,20+,21?. The second kappa shape index (κ2) is 9.02. The van der Waals surface area contributed by atoms with Crippen LogP contribution in [0.2, 0.25) is 5.02 Å². The zero-order valence-electron chi connectivity index (χ0n) is 16.2. The molecule has 0 saturated heterocycles. The minimum absolute atomic E-state index is 0.232. The molecule has 0 aliphatic heterocycles. The molecule has 3 rings (SSSR count). The first-order valence-corrected chi connectivity index (χ1v) is 11.7. The van der Waals surface area contributed by atoms with Crippen LogP contribution >= 0.6 is 11.6 Å². The predicted molar refractivity (Wildman–Crippen MR) is 112 cm³/mol. The molecule has 2 aromatic carbocycles. The Hall–Kier alpha value is -1.64. The Labute approximate surface area is 176 Å². The lowest BCUT2D eigenvalue weighted by molar-refractivity contribution is 0.0438. The molecule has 0 radical (unpaired) electrons. The van der Waals surface area contributed by atoms with Gasteiger partial charge >= 0.3 is 0 Å². The fourth-order valence-corrected chi connectivity index (χ4v) is 4.41. The summed E-state index contributed by atoms with van der Waals surface area (Å²) in [6.45, 7) is 1.49. The van der Waals surface area contributed by atoms with Gasteiger partial charge in [-0.2, -0.15) is 0 Å². The van der Waals surface area contributed by atoms with Crippen molar-refractivity contribution in [3.8, 4) is 5.75 Å². The lowest BCUT2D eigenvalue weighted by atomic mass is 9.86. The van der Waals surface area contributed by atoms with Gasteiger partial charge in [-0.3, -0.25) is 0 Å². The summed E-state index contributed by atoms with van der Waals surface area (Å²) in [5.41, 5.74) is 0.654. The Morgan fingerprint density at radius 1 is 1.07 bits per heavy atom. The van der Waals surface area contributed by atoms with Crippen LogP contribution in [-0.2, 0) is 16.4 Å². The highest BCUT2D eigenvalue weighted by atomic mass is 35.5. The first kappa shape index (κ1) is 22.1. The van der Waals surface area contributed by atoms with Crippen LogP contribution in [0.4, 0.5) is 0 Å². The third-order valence-corrected chi connectivity index (χ3v) is 6.65. The highest BCUT2D eigenvalue weighted by Crippen LogP contribution is 2.39. The van der Waals surface area contributed by atoms with E-state index in [1.54, 1.807) is 12.1 Å². The van der Waals surface area contributed by atoms with Crippen molar-refractivity contribution in [3.63, 3.8) is 0 Å². The summed E-state index contributed by atoms with van der Waals surface area (Å²) < 4.78 is 29.1. The van der Waals surface area contributed by atoms with Crippen molar-refractivity contribution in [3.05, 3.63) is 59.1 Å². The SMILES string of the molecule is CS(=O)(=O)c1ccc(OCC2(CNCc3ccc(Cl)cc3)C[C@@H](O)[C@@H](O)C2)cc1. The largest absolute Gasteiger partial charge is 0.493 e. The van der Waals surface area contributed by atoms with E-state index >= 15 is 0 Å². The van der Waals surface area contributed by atoms with Crippen LogP contribution in [0, 0.1) is 5.41 Å². The molecule has 0 heterocycles. The average molecular weight is 440 g/mol. The maximum absolute atomic E-state index is 11.6. The Morgan fingerprint density at radius 2 is 1.66 bits per heavy atom. The second-order valence-electron chi connectivity index (χ2n) is 7.81. The second-order valence-corrected chi connectivity index (χ2v) is 10.3. The van der Waals surface area contributed by atoms with Gasteiger partial charge in [0, 0.05) is 29.8 Å². The molecule has 29 heavy (non-hydrogen) atoms. The molecule has 0 bridgehead atoms. The molecule has 1 aliphatic rings. The monoisotopic (exact) mass is 439 g/mol. The van der Waals surface area contributed by atoms with E-state index < -0.39 is 27.5 Å². The Morgan fingerprint density at radius 3 is 2.21 bits per heavy atom. The molecule has 6 nitrogen and oxygen atoms in total. The molecule has 1 fully saturated rings. The van der Waals surface area contributed by atoms with E-state index in [1.807, 2.05) is 24.3 Å². The quantitative estimate of drug-likeness (QED) is 0.584. The highest BCUT2D eigenvalue weighted by molar-refractivity contribution is 7.90. The van der Waals surface area contributed by atoms with Gasteiger partial charge in [-0.15, -0.1) is 0 Å². The van der Waals surface area contributed by atoms with Gasteiger partial charge in [0.2, 0.25) is 0 Å². The zero-order valence-corrected chi connectivity index (χ0v) is 17.8. The van der Waals surface area contributed by atoms with Gasteiger partial charge in [0.1, 0.15) is 5.75 Å². The van der Waals surface area contributed by atoms with Gasteiger partial charge in [-0.1, -0.05) is 23.7 Å². The molecule has 0 spiro atoms. The Kier molecular flexibility index (Phi) is 6.86. The molecular formula is C21H26ClNO5S. The lowest BCUT2D eigenvalue weighted by Gasteiger charge is -2.29. The number of halogens is 1. The summed E-state index contributed by atoms with van der Waals surface area (Å²) >= 11 is 5.91. The minimum atomic E-state index is -3.26. The van der Waals surface area contributed by atoms with Crippen LogP contribution in [0.15, 0.2) is 53.4 Å². The van der Waals surface area contributed by atoms with Crippen molar-refractivity contribution in [1.29, 1.82) is 0 Å². The highest BCUT2D eigenvalue weighted by Gasteiger charge is 2.44. The minimum Gasteiger partial charge on any atom is -0.493 e. The number of ether oxygens (including phenoxy) is 1. The van der Waals surface area contributed by atoms with Gasteiger partial charge in [0.05, 0.1) is 23.7 Å². The number of hydrogen-bond donors (Lipinski definition) is 3. The van der Waals surface area contributed by atoms with E-state index in [1.165, 1.54) is 12.1 Å². The van der Waals surface area contributed by atoms with Crippen molar-refractivity contribution < 1.29 is 23.4 Å². The van der Waals surface area contributed by atoms with E-state index in [0.717, 1.165) is 11.8 Å². The first-order chi connectivity index (χ1) is 13.7. The van der Waals surface area contributed by atoms with E-state index in [4.69, 9.17) is 16.3 Å². The summed E-state index contributed by atoms with van der Waals surface area (Å²) in [5.74, 6) is 0.547. The van der Waals surface area contributed by atoms with Gasteiger partial charge in [0.25, 0.3) is 0 Å². The maximum Gasteiger partial charge on any atom is 0.175 e. The lowest BCUT2D eigenvalue weighted by Crippen LogP contribution is -2.37. The van der Waals surface area contributed by atoms with Gasteiger partial charge in [0.15, 0.2) is 9.84 Å². The van der Waals surface area contributed by atoms with Gasteiger partial charge in [-0.25, -0.2) is 8.42 Å². The maximum atomic E-state index is 11.6. The van der Waals surface area contributed by atoms with E-state index in [0.29, 0.717) is 43.3 Å². The van der Waals surface area contributed by atoms with Crippen LogP contribution in [0.5, 0.6) is 5.75 Å². The molecule has 0 aromatic heterocycles. The molecule has 1 unspecified atom stereocenters. The van der Waals surface area contributed by atoms with Crippen LogP contribution in [-0.4, -0.2) is 50.2 Å². The number of hydrogen-bond acceptors (Lipinski definition) is 6. The molecule has 158 valence electrons. The molecular weight excluding hydrogens is 414 g/mol. The molecule has 1 aliphatic carbocycles. The van der Waals surface area contributed by atoms with E-state index in [-0.39, 0.29) is 4.90 Å². The number of sulfone groups is 1. The third-order valence-electron chi connectivity index (χ3n) is 5.27. The first-order valence-electron chi connectivity index (χ1n) is 9.41. The van der Waals surface area contributed by atoms with Crippen LogP contribution < -0.4 is 10.1 Å². The number of nitrogens with one attached hydrogen (secondary N) is 1. The van der Waals surface area contributed by atoms with Crippen LogP contribution in [0.3, 0.4) is 0 Å². The van der Waals surface area contributed by atoms with Crippen LogP contribution in [0.1, 0.15) is 18.4 Å². The predicted octanol–water partition coefficient (Wildman–Crippen LogP) is 2.41. The molecule has 8 heteroatoms. The number of aliphatic hydroxyl groups excluding tert-OH is 2. The van der Waals surface area contributed by atoms with Gasteiger partial charge < -0.3 is 20.3 Å². The fraction of sp³-hybridized carbons (Fsp3) is 0.429.